The van der Waals surface area contributed by atoms with Crippen LogP contribution in [0, 0.1) is 11.8 Å². The van der Waals surface area contributed by atoms with Gasteiger partial charge in [-0.3, -0.25) is 9.59 Å². The van der Waals surface area contributed by atoms with Crippen LogP contribution in [0.1, 0.15) is 35.8 Å². The van der Waals surface area contributed by atoms with Gasteiger partial charge in [-0.15, -0.1) is 5.92 Å². The number of ether oxygens (including phenoxy) is 2. The molecule has 1 aromatic carbocycles. The van der Waals surface area contributed by atoms with Crippen LogP contribution >= 0.6 is 0 Å². The zero-order chi connectivity index (χ0) is 31.8. The number of rotatable bonds is 4. The Morgan fingerprint density at radius 1 is 1.04 bits per heavy atom. The van der Waals surface area contributed by atoms with Crippen LogP contribution in [0.4, 0.5) is 17.3 Å². The van der Waals surface area contributed by atoms with Crippen LogP contribution in [0.3, 0.4) is 0 Å². The van der Waals surface area contributed by atoms with E-state index in [1.54, 1.807) is 23.1 Å². The second-order valence-electron chi connectivity index (χ2n) is 12.1. The predicted molar refractivity (Wildman–Crippen MR) is 174 cm³/mol. The molecule has 0 spiro atoms. The molecule has 0 saturated carbocycles. The van der Waals surface area contributed by atoms with E-state index in [4.69, 9.17) is 14.5 Å². The number of hydrogen-bond acceptors (Lipinski definition) is 9. The molecule has 1 N–H and O–H groups in total. The quantitative estimate of drug-likeness (QED) is 0.515. The van der Waals surface area contributed by atoms with Crippen LogP contribution in [-0.4, -0.2) is 96.5 Å². The lowest BCUT2D eigenvalue weighted by atomic mass is 9.86. The maximum absolute atomic E-state index is 13.9. The first-order chi connectivity index (χ1) is 22.3. The molecule has 6 aliphatic rings. The van der Waals surface area contributed by atoms with Crippen LogP contribution in [-0.2, 0) is 15.1 Å². The fraction of sp³-hybridized carbons (Fsp3) is 0.371. The number of fused-ring (bicyclic) bond motifs is 7. The molecule has 2 aromatic rings. The molecule has 11 heteroatoms. The first-order valence-electron chi connectivity index (χ1n) is 15.6. The number of morpholine rings is 1. The lowest BCUT2D eigenvalue weighted by molar-refractivity contribution is -0.135. The molecule has 1 atom stereocenters. The van der Waals surface area contributed by atoms with E-state index in [1.807, 2.05) is 49.4 Å². The van der Waals surface area contributed by atoms with Gasteiger partial charge in [0.1, 0.15) is 17.0 Å². The summed E-state index contributed by atoms with van der Waals surface area (Å²) in [6.07, 6.45) is 12.5. The minimum atomic E-state index is -0.951. The summed E-state index contributed by atoms with van der Waals surface area (Å²) >= 11 is 0. The molecule has 1 aromatic heterocycles. The summed E-state index contributed by atoms with van der Waals surface area (Å²) in [6, 6.07) is 6.04. The van der Waals surface area contributed by atoms with E-state index in [-0.39, 0.29) is 25.0 Å². The molecule has 2 saturated heterocycles. The number of nitrogens with zero attached hydrogens (tertiary/aromatic N) is 6. The first kappa shape index (κ1) is 29.6. The van der Waals surface area contributed by atoms with Crippen LogP contribution in [0.2, 0.25) is 0 Å². The summed E-state index contributed by atoms with van der Waals surface area (Å²) in [5, 5.41) is 3.38. The van der Waals surface area contributed by atoms with E-state index < -0.39 is 5.54 Å². The summed E-state index contributed by atoms with van der Waals surface area (Å²) in [5.74, 6) is 7.89. The number of anilines is 3. The van der Waals surface area contributed by atoms with Gasteiger partial charge in [-0.25, -0.2) is 9.97 Å². The van der Waals surface area contributed by atoms with Crippen molar-refractivity contribution in [2.45, 2.75) is 25.3 Å². The molecule has 1 aliphatic carbocycles. The van der Waals surface area contributed by atoms with E-state index in [9.17, 15) is 9.59 Å². The average molecular weight is 620 g/mol. The van der Waals surface area contributed by atoms with Crippen molar-refractivity contribution in [3.05, 3.63) is 83.1 Å². The van der Waals surface area contributed by atoms with Crippen LogP contribution < -0.4 is 15.0 Å². The van der Waals surface area contributed by atoms with Gasteiger partial charge in [-0.05, 0) is 44.2 Å². The fourth-order valence-corrected chi connectivity index (χ4v) is 6.56. The maximum Gasteiger partial charge on any atom is 0.265 e. The Bertz CT molecular complexity index is 1780. The Morgan fingerprint density at radius 2 is 1.89 bits per heavy atom. The highest BCUT2D eigenvalue weighted by molar-refractivity contribution is 6.00. The van der Waals surface area contributed by atoms with Crippen LogP contribution in [0.15, 0.2) is 71.8 Å². The molecule has 8 rings (SSSR count). The number of allylic oxidation sites excluding steroid dienone is 4. The summed E-state index contributed by atoms with van der Waals surface area (Å²) < 4.78 is 11.5. The van der Waals surface area contributed by atoms with Gasteiger partial charge in [0, 0.05) is 68.8 Å². The van der Waals surface area contributed by atoms with Crippen molar-refractivity contribution < 1.29 is 19.1 Å². The number of methoxy groups -OCH3 is 1. The molecule has 2 amide bonds. The second-order valence-corrected chi connectivity index (χ2v) is 12.1. The Labute approximate surface area is 268 Å². The van der Waals surface area contributed by atoms with Crippen molar-refractivity contribution in [2.24, 2.45) is 0 Å². The highest BCUT2D eigenvalue weighted by Gasteiger charge is 2.50. The zero-order valence-corrected chi connectivity index (χ0v) is 26.4. The lowest BCUT2D eigenvalue weighted by Gasteiger charge is -2.36. The summed E-state index contributed by atoms with van der Waals surface area (Å²) in [6.45, 7) is 6.57. The third-order valence-electron chi connectivity index (χ3n) is 9.26. The van der Waals surface area contributed by atoms with Gasteiger partial charge in [-0.1, -0.05) is 24.1 Å². The molecule has 6 heterocycles. The molecule has 4 bridgehead atoms. The average Bonchev–Trinajstić information content (AvgIpc) is 3.25. The monoisotopic (exact) mass is 619 g/mol. The number of nitrogens with one attached hydrogen (secondary N) is 1. The van der Waals surface area contributed by atoms with Crippen LogP contribution in [0.5, 0.6) is 5.75 Å². The number of aromatic nitrogens is 2. The standard InChI is InChI=1S/C35H37N7O4/c1-35-24-9-8-10-29-30(12-11-24)46-23-31(43)41(29)13-6-4-5-7-14-42(35)33(44)28-22-36-34(38-32(28)35)37-25-19-26(21-27(20-25)45-3)40-17-15-39(2)16-18-40/h8-12,19-22H,4,6,13-18,23H2,1-3H3,(H,36,37,38)/t35-/m1/s1. The molecule has 236 valence electrons. The fourth-order valence-electron chi connectivity index (χ4n) is 6.56. The number of benzene rings is 1. The number of amides is 2. The summed E-state index contributed by atoms with van der Waals surface area (Å²) in [4.78, 5) is 44.4. The Morgan fingerprint density at radius 3 is 2.72 bits per heavy atom. The SMILES string of the molecule is COc1cc(Nc2ncc3c(n2)[C@@]2(C)C4=CC=C5OCC(=O)N(CCCC#CCN2C3=O)C5=CC=C4)cc(N2CCN(C)CC2)c1. The van der Waals surface area contributed by atoms with E-state index in [0.717, 1.165) is 54.6 Å². The van der Waals surface area contributed by atoms with E-state index in [1.165, 1.54) is 0 Å². The normalized spacial score (nSPS) is 22.8. The molecular formula is C35H37N7O4. The van der Waals surface area contributed by atoms with Gasteiger partial charge in [0.05, 0.1) is 30.6 Å². The van der Waals surface area contributed by atoms with Crippen molar-refractivity contribution in [1.82, 2.24) is 24.7 Å². The third-order valence-corrected chi connectivity index (χ3v) is 9.26. The smallest absolute Gasteiger partial charge is 0.265 e. The summed E-state index contributed by atoms with van der Waals surface area (Å²) in [5.41, 5.74) is 3.48. The van der Waals surface area contributed by atoms with Crippen molar-refractivity contribution in [1.29, 1.82) is 0 Å². The lowest BCUT2D eigenvalue weighted by Crippen LogP contribution is -2.44. The zero-order valence-electron chi connectivity index (χ0n) is 26.4. The number of carbonyl (C=O) groups is 2. The van der Waals surface area contributed by atoms with E-state index in [2.05, 4.69) is 45.1 Å². The molecule has 0 unspecified atom stereocenters. The van der Waals surface area contributed by atoms with Gasteiger partial charge in [0.2, 0.25) is 5.95 Å². The number of carbonyl (C=O) groups excluding carboxylic acids is 2. The van der Waals surface area contributed by atoms with Crippen molar-refractivity contribution in [3.8, 4) is 17.6 Å². The minimum Gasteiger partial charge on any atom is -0.497 e. The summed E-state index contributed by atoms with van der Waals surface area (Å²) in [7, 11) is 3.80. The van der Waals surface area contributed by atoms with Gasteiger partial charge >= 0.3 is 0 Å². The molecule has 0 radical (unpaired) electrons. The van der Waals surface area contributed by atoms with Gasteiger partial charge in [0.25, 0.3) is 11.8 Å². The molecule has 46 heavy (non-hydrogen) atoms. The number of hydrogen-bond donors (Lipinski definition) is 1. The molecular weight excluding hydrogens is 582 g/mol. The Hall–Kier alpha value is -5.08. The van der Waals surface area contributed by atoms with Crippen molar-refractivity contribution >= 4 is 29.1 Å². The Balaban J connectivity index is 1.27. The molecule has 5 aliphatic heterocycles. The van der Waals surface area contributed by atoms with Gasteiger partial charge in [0.15, 0.2) is 6.61 Å². The molecule has 2 fully saturated rings. The van der Waals surface area contributed by atoms with Gasteiger partial charge < -0.3 is 34.4 Å². The highest BCUT2D eigenvalue weighted by atomic mass is 16.5. The predicted octanol–water partition coefficient (Wildman–Crippen LogP) is 3.57. The topological polar surface area (TPSA) is 103 Å². The highest BCUT2D eigenvalue weighted by Crippen LogP contribution is 2.44. The van der Waals surface area contributed by atoms with Gasteiger partial charge in [-0.2, -0.15) is 0 Å². The number of piperazine rings is 1. The maximum atomic E-state index is 13.9. The van der Waals surface area contributed by atoms with Crippen molar-refractivity contribution in [3.63, 3.8) is 0 Å². The first-order valence-corrected chi connectivity index (χ1v) is 15.6. The van der Waals surface area contributed by atoms with Crippen LogP contribution in [0.25, 0.3) is 0 Å². The Kier molecular flexibility index (Phi) is 7.74. The molecule has 11 nitrogen and oxygen atoms in total. The third kappa shape index (κ3) is 5.28. The van der Waals surface area contributed by atoms with Crippen molar-refractivity contribution in [2.75, 3.05) is 70.2 Å². The largest absolute Gasteiger partial charge is 0.497 e. The number of likely N-dealkylation sites (N-methyl/N-ethyl adjacent to an activating group) is 1. The van der Waals surface area contributed by atoms with E-state index >= 15 is 0 Å². The van der Waals surface area contributed by atoms with E-state index in [0.29, 0.717) is 42.4 Å². The second kappa shape index (κ2) is 12.0. The minimum absolute atomic E-state index is 0.0184.